The zero-order chi connectivity index (χ0) is 30.5. The molecule has 1 saturated carbocycles. The Hall–Kier alpha value is -1.92. The lowest BCUT2D eigenvalue weighted by Gasteiger charge is -2.45. The van der Waals surface area contributed by atoms with Gasteiger partial charge in [0, 0.05) is 47.6 Å². The molecule has 1 unspecified atom stereocenters. The van der Waals surface area contributed by atoms with Crippen molar-refractivity contribution in [1.82, 2.24) is 14.7 Å². The second kappa shape index (κ2) is 11.6. The van der Waals surface area contributed by atoms with E-state index >= 15 is 0 Å². The highest BCUT2D eigenvalue weighted by Crippen LogP contribution is 2.42. The van der Waals surface area contributed by atoms with E-state index in [0.717, 1.165) is 37.8 Å². The fraction of sp³-hybridized carbons (Fsp3) is 0.735. The van der Waals surface area contributed by atoms with Crippen molar-refractivity contribution < 1.29 is 14.4 Å². The molecule has 0 N–H and O–H groups in total. The first-order chi connectivity index (χ1) is 18.9. The van der Waals surface area contributed by atoms with E-state index < -0.39 is 11.5 Å². The monoisotopic (exact) mass is 585 g/mol. The van der Waals surface area contributed by atoms with E-state index in [4.69, 9.17) is 11.6 Å². The van der Waals surface area contributed by atoms with E-state index in [9.17, 15) is 14.4 Å². The van der Waals surface area contributed by atoms with Gasteiger partial charge in [-0.3, -0.25) is 19.3 Å². The number of Topliss-reactive ketones (excluding diaryl/α,β-unsaturated/α-hetero) is 1. The Labute approximate surface area is 253 Å². The molecular formula is C34H52ClN3O3. The van der Waals surface area contributed by atoms with Crippen molar-refractivity contribution in [3.05, 3.63) is 34.9 Å². The highest BCUT2D eigenvalue weighted by molar-refractivity contribution is 6.30. The summed E-state index contributed by atoms with van der Waals surface area (Å²) in [6.45, 7) is 20.5. The SMILES string of the molecule is CC(=O)[C@H]1CC(N(C(=O)C(C)(C)C)C2CCC(C)(C)CC2)CN1C(=O)[C@@H]1CN(C(C)(C)C)C[C@H]1c1ccc(Cl)cc1. The van der Waals surface area contributed by atoms with Gasteiger partial charge in [-0.15, -0.1) is 0 Å². The van der Waals surface area contributed by atoms with E-state index in [0.29, 0.717) is 24.5 Å². The smallest absolute Gasteiger partial charge is 0.228 e. The van der Waals surface area contributed by atoms with E-state index in [1.54, 1.807) is 6.92 Å². The largest absolute Gasteiger partial charge is 0.334 e. The molecular weight excluding hydrogens is 534 g/mol. The van der Waals surface area contributed by atoms with Crippen molar-refractivity contribution in [3.8, 4) is 0 Å². The van der Waals surface area contributed by atoms with Gasteiger partial charge in [-0.25, -0.2) is 0 Å². The third kappa shape index (κ3) is 7.01. The number of hydrogen-bond donors (Lipinski definition) is 0. The third-order valence-corrected chi connectivity index (χ3v) is 10.1. The number of rotatable bonds is 5. The number of nitrogens with zero attached hydrogens (tertiary/aromatic N) is 3. The molecule has 0 aromatic heterocycles. The Balaban J connectivity index is 1.64. The number of hydrogen-bond acceptors (Lipinski definition) is 4. The van der Waals surface area contributed by atoms with Crippen LogP contribution in [0.3, 0.4) is 0 Å². The molecule has 1 aromatic rings. The molecule has 2 amide bonds. The summed E-state index contributed by atoms with van der Waals surface area (Å²) in [7, 11) is 0. The fourth-order valence-corrected chi connectivity index (χ4v) is 7.31. The number of ketones is 1. The summed E-state index contributed by atoms with van der Waals surface area (Å²) in [6, 6.07) is 7.34. The minimum atomic E-state index is -0.533. The van der Waals surface area contributed by atoms with Gasteiger partial charge in [0.1, 0.15) is 0 Å². The molecule has 6 nitrogen and oxygen atoms in total. The summed E-state index contributed by atoms with van der Waals surface area (Å²) in [4.78, 5) is 47.8. The number of benzene rings is 1. The number of carbonyl (C=O) groups excluding carboxylic acids is 3. The Morgan fingerprint density at radius 2 is 1.49 bits per heavy atom. The van der Waals surface area contributed by atoms with Gasteiger partial charge < -0.3 is 9.80 Å². The standard InChI is InChI=1S/C34H52ClN3O3/c1-22(39)29-18-26(38(31(41)32(2,3)4)25-14-16-34(8,9)17-15-25)19-37(29)30(40)28-21-36(33(5,6)7)20-27(28)23-10-12-24(35)13-11-23/h10-13,25-29H,14-21H2,1-9H3/t26?,27-,28+,29+/m0/s1. The van der Waals surface area contributed by atoms with Crippen molar-refractivity contribution in [2.24, 2.45) is 16.7 Å². The molecule has 0 bridgehead atoms. The Morgan fingerprint density at radius 3 is 2.00 bits per heavy atom. The quantitative estimate of drug-likeness (QED) is 0.393. The molecule has 1 aliphatic carbocycles. The molecule has 3 aliphatic rings. The maximum atomic E-state index is 14.5. The fourth-order valence-electron chi connectivity index (χ4n) is 7.19. The Kier molecular flexibility index (Phi) is 9.08. The van der Waals surface area contributed by atoms with Gasteiger partial charge >= 0.3 is 0 Å². The summed E-state index contributed by atoms with van der Waals surface area (Å²) in [6.07, 6.45) is 4.59. The molecule has 1 aromatic carbocycles. The van der Waals surface area contributed by atoms with Gasteiger partial charge in [-0.2, -0.15) is 0 Å². The van der Waals surface area contributed by atoms with Crippen LogP contribution in [-0.4, -0.2) is 75.6 Å². The van der Waals surface area contributed by atoms with Gasteiger partial charge in [-0.1, -0.05) is 58.4 Å². The van der Waals surface area contributed by atoms with Crippen molar-refractivity contribution in [1.29, 1.82) is 0 Å². The van der Waals surface area contributed by atoms with Crippen LogP contribution < -0.4 is 0 Å². The average Bonchev–Trinajstić information content (AvgIpc) is 3.50. The predicted molar refractivity (Wildman–Crippen MR) is 166 cm³/mol. The van der Waals surface area contributed by atoms with Crippen molar-refractivity contribution in [2.45, 2.75) is 124 Å². The summed E-state index contributed by atoms with van der Waals surface area (Å²) in [5.41, 5.74) is 0.765. The molecule has 7 heteroatoms. The number of halogens is 1. The molecule has 4 rings (SSSR count). The van der Waals surface area contributed by atoms with Crippen LogP contribution in [0.4, 0.5) is 0 Å². The summed E-state index contributed by atoms with van der Waals surface area (Å²) in [5, 5.41) is 0.677. The Bertz CT molecular complexity index is 1120. The maximum absolute atomic E-state index is 14.5. The number of amides is 2. The lowest BCUT2D eigenvalue weighted by molar-refractivity contribution is -0.147. The normalized spacial score (nSPS) is 27.7. The van der Waals surface area contributed by atoms with Crippen LogP contribution in [0.25, 0.3) is 0 Å². The van der Waals surface area contributed by atoms with Crippen LogP contribution in [-0.2, 0) is 14.4 Å². The first-order valence-electron chi connectivity index (χ1n) is 15.5. The molecule has 3 fully saturated rings. The van der Waals surface area contributed by atoms with Gasteiger partial charge in [0.25, 0.3) is 0 Å². The molecule has 2 heterocycles. The molecule has 4 atom stereocenters. The van der Waals surface area contributed by atoms with Crippen molar-refractivity contribution in [2.75, 3.05) is 19.6 Å². The molecule has 2 saturated heterocycles. The van der Waals surface area contributed by atoms with Crippen LogP contribution in [0.15, 0.2) is 24.3 Å². The topological polar surface area (TPSA) is 60.9 Å². The Morgan fingerprint density at radius 1 is 0.902 bits per heavy atom. The molecule has 2 aliphatic heterocycles. The highest BCUT2D eigenvalue weighted by Gasteiger charge is 2.50. The first kappa shape index (κ1) is 32.0. The molecule has 0 spiro atoms. The van der Waals surface area contributed by atoms with Crippen molar-refractivity contribution >= 4 is 29.2 Å². The van der Waals surface area contributed by atoms with Crippen LogP contribution in [0.2, 0.25) is 5.02 Å². The number of carbonyl (C=O) groups is 3. The second-order valence-electron chi connectivity index (χ2n) is 15.7. The van der Waals surface area contributed by atoms with E-state index in [1.165, 1.54) is 0 Å². The van der Waals surface area contributed by atoms with Gasteiger partial charge in [0.2, 0.25) is 11.8 Å². The minimum absolute atomic E-state index is 0.00232. The van der Waals surface area contributed by atoms with Crippen LogP contribution in [0.1, 0.15) is 106 Å². The predicted octanol–water partition coefficient (Wildman–Crippen LogP) is 6.56. The van der Waals surface area contributed by atoms with Gasteiger partial charge in [-0.05, 0) is 82.9 Å². The van der Waals surface area contributed by atoms with E-state index in [1.807, 2.05) is 49.9 Å². The summed E-state index contributed by atoms with van der Waals surface area (Å²) in [5.74, 6) is -0.0887. The van der Waals surface area contributed by atoms with Gasteiger partial charge in [0.05, 0.1) is 18.0 Å². The van der Waals surface area contributed by atoms with Crippen molar-refractivity contribution in [3.63, 3.8) is 0 Å². The lowest BCUT2D eigenvalue weighted by atomic mass is 9.74. The van der Waals surface area contributed by atoms with Crippen LogP contribution in [0.5, 0.6) is 0 Å². The maximum Gasteiger partial charge on any atom is 0.228 e. The third-order valence-electron chi connectivity index (χ3n) is 9.89. The van der Waals surface area contributed by atoms with E-state index in [2.05, 4.69) is 44.4 Å². The number of likely N-dealkylation sites (tertiary alicyclic amines) is 2. The average molecular weight is 586 g/mol. The van der Waals surface area contributed by atoms with Gasteiger partial charge in [0.15, 0.2) is 5.78 Å². The summed E-state index contributed by atoms with van der Waals surface area (Å²) >= 11 is 6.20. The molecule has 41 heavy (non-hydrogen) atoms. The van der Waals surface area contributed by atoms with Crippen LogP contribution in [0, 0.1) is 16.7 Å². The zero-order valence-corrected chi connectivity index (χ0v) is 27.6. The second-order valence-corrected chi connectivity index (χ2v) is 16.1. The summed E-state index contributed by atoms with van der Waals surface area (Å²) < 4.78 is 0. The highest BCUT2D eigenvalue weighted by atomic mass is 35.5. The van der Waals surface area contributed by atoms with Crippen LogP contribution >= 0.6 is 11.6 Å². The first-order valence-corrected chi connectivity index (χ1v) is 15.9. The molecule has 228 valence electrons. The minimum Gasteiger partial charge on any atom is -0.334 e. The lowest BCUT2D eigenvalue weighted by Crippen LogP contribution is -2.54. The zero-order valence-electron chi connectivity index (χ0n) is 26.8. The molecule has 0 radical (unpaired) electrons. The van der Waals surface area contributed by atoms with E-state index in [-0.39, 0.29) is 52.5 Å².